The Morgan fingerprint density at radius 2 is 1.31 bits per heavy atom. The molecule has 3 N–H and O–H groups in total. The lowest BCUT2D eigenvalue weighted by Gasteiger charge is -2.13. The first-order valence-electron chi connectivity index (χ1n) is 5.89. The van der Waals surface area contributed by atoms with Crippen molar-refractivity contribution in [3.8, 4) is 0 Å². The van der Waals surface area contributed by atoms with Crippen molar-refractivity contribution in [2.75, 3.05) is 0 Å². The van der Waals surface area contributed by atoms with Gasteiger partial charge in [-0.05, 0) is 18.8 Å². The number of nitrogens with two attached hydrogens (primary N) is 1. The SMILES string of the molecule is NC1NC1C1CCCCCCCC1. The molecular weight excluding hydrogens is 160 g/mol. The summed E-state index contributed by atoms with van der Waals surface area (Å²) in [5, 5.41) is 3.35. The van der Waals surface area contributed by atoms with Crippen LogP contribution in [0.4, 0.5) is 0 Å². The minimum absolute atomic E-state index is 0.325. The molecule has 0 aromatic carbocycles. The van der Waals surface area contributed by atoms with E-state index in [0.29, 0.717) is 12.2 Å². The minimum Gasteiger partial charge on any atom is -0.315 e. The van der Waals surface area contributed by atoms with Crippen LogP contribution >= 0.6 is 0 Å². The molecule has 2 heteroatoms. The Labute approximate surface area is 81.3 Å². The highest BCUT2D eigenvalue weighted by Crippen LogP contribution is 2.29. The number of rotatable bonds is 1. The van der Waals surface area contributed by atoms with Crippen molar-refractivity contribution in [1.29, 1.82) is 0 Å². The third-order valence-electron chi connectivity index (χ3n) is 3.57. The van der Waals surface area contributed by atoms with Crippen molar-refractivity contribution >= 4 is 0 Å². The summed E-state index contributed by atoms with van der Waals surface area (Å²) in [4.78, 5) is 0. The second-order valence-corrected chi connectivity index (χ2v) is 4.68. The molecule has 1 aliphatic heterocycles. The standard InChI is InChI=1S/C11H22N2/c12-11-10(13-11)9-7-5-3-1-2-4-6-8-9/h9-11,13H,1-8,12H2. The number of hydrogen-bond acceptors (Lipinski definition) is 2. The fourth-order valence-electron chi connectivity index (χ4n) is 2.62. The Balaban J connectivity index is 1.78. The van der Waals surface area contributed by atoms with Gasteiger partial charge in [0.2, 0.25) is 0 Å². The van der Waals surface area contributed by atoms with E-state index in [1.165, 1.54) is 51.4 Å². The van der Waals surface area contributed by atoms with E-state index in [1.807, 2.05) is 0 Å². The van der Waals surface area contributed by atoms with E-state index >= 15 is 0 Å². The molecule has 0 aromatic heterocycles. The van der Waals surface area contributed by atoms with Crippen molar-refractivity contribution in [1.82, 2.24) is 5.32 Å². The number of hydrogen-bond donors (Lipinski definition) is 2. The van der Waals surface area contributed by atoms with Gasteiger partial charge in [-0.25, -0.2) is 0 Å². The summed E-state index contributed by atoms with van der Waals surface area (Å²) in [7, 11) is 0. The predicted molar refractivity (Wildman–Crippen MR) is 55.3 cm³/mol. The molecule has 1 saturated carbocycles. The van der Waals surface area contributed by atoms with Gasteiger partial charge in [0.15, 0.2) is 0 Å². The summed E-state index contributed by atoms with van der Waals surface area (Å²) < 4.78 is 0. The molecule has 13 heavy (non-hydrogen) atoms. The highest BCUT2D eigenvalue weighted by molar-refractivity contribution is 4.97. The van der Waals surface area contributed by atoms with E-state index in [1.54, 1.807) is 0 Å². The Morgan fingerprint density at radius 1 is 0.846 bits per heavy atom. The van der Waals surface area contributed by atoms with Crippen LogP contribution in [-0.2, 0) is 0 Å². The lowest BCUT2D eigenvalue weighted by atomic mass is 9.93. The van der Waals surface area contributed by atoms with Crippen molar-refractivity contribution in [2.24, 2.45) is 11.7 Å². The third-order valence-corrected chi connectivity index (χ3v) is 3.57. The number of nitrogens with one attached hydrogen (secondary N) is 1. The van der Waals surface area contributed by atoms with Crippen LogP contribution in [0.25, 0.3) is 0 Å². The topological polar surface area (TPSA) is 48.0 Å². The van der Waals surface area contributed by atoms with Crippen LogP contribution in [0.3, 0.4) is 0 Å². The predicted octanol–water partition coefficient (Wildman–Crippen LogP) is 1.99. The molecule has 76 valence electrons. The maximum absolute atomic E-state index is 5.82. The largest absolute Gasteiger partial charge is 0.315 e. The van der Waals surface area contributed by atoms with Crippen LogP contribution in [0.15, 0.2) is 0 Å². The van der Waals surface area contributed by atoms with Crippen LogP contribution in [0, 0.1) is 5.92 Å². The van der Waals surface area contributed by atoms with Crippen LogP contribution in [0.1, 0.15) is 51.4 Å². The fourth-order valence-corrected chi connectivity index (χ4v) is 2.62. The van der Waals surface area contributed by atoms with Gasteiger partial charge in [-0.1, -0.05) is 38.5 Å². The van der Waals surface area contributed by atoms with Gasteiger partial charge >= 0.3 is 0 Å². The van der Waals surface area contributed by atoms with Crippen LogP contribution < -0.4 is 11.1 Å². The van der Waals surface area contributed by atoms with E-state index in [4.69, 9.17) is 5.73 Å². The third kappa shape index (κ3) is 2.68. The smallest absolute Gasteiger partial charge is 0.0711 e. The van der Waals surface area contributed by atoms with Gasteiger partial charge < -0.3 is 5.73 Å². The zero-order valence-corrected chi connectivity index (χ0v) is 8.47. The Kier molecular flexibility index (Phi) is 3.23. The molecule has 0 bridgehead atoms. The summed E-state index contributed by atoms with van der Waals surface area (Å²) in [6, 6.07) is 0.665. The van der Waals surface area contributed by atoms with Gasteiger partial charge in [-0.3, -0.25) is 5.32 Å². The fraction of sp³-hybridized carbons (Fsp3) is 1.00. The normalized spacial score (nSPS) is 37.6. The summed E-state index contributed by atoms with van der Waals surface area (Å²) in [5.41, 5.74) is 5.82. The van der Waals surface area contributed by atoms with Crippen molar-refractivity contribution in [2.45, 2.75) is 63.6 Å². The summed E-state index contributed by atoms with van der Waals surface area (Å²) in [6.45, 7) is 0. The van der Waals surface area contributed by atoms with Crippen molar-refractivity contribution < 1.29 is 0 Å². The van der Waals surface area contributed by atoms with Gasteiger partial charge in [-0.2, -0.15) is 0 Å². The van der Waals surface area contributed by atoms with E-state index < -0.39 is 0 Å². The summed E-state index contributed by atoms with van der Waals surface area (Å²) in [5.74, 6) is 0.882. The molecule has 1 aliphatic carbocycles. The first-order valence-corrected chi connectivity index (χ1v) is 5.89. The zero-order chi connectivity index (χ0) is 9.10. The van der Waals surface area contributed by atoms with Gasteiger partial charge in [0, 0.05) is 6.04 Å². The molecule has 1 saturated heterocycles. The van der Waals surface area contributed by atoms with Crippen molar-refractivity contribution in [3.05, 3.63) is 0 Å². The highest BCUT2D eigenvalue weighted by atomic mass is 15.2. The van der Waals surface area contributed by atoms with Gasteiger partial charge in [-0.15, -0.1) is 0 Å². The molecule has 0 radical (unpaired) electrons. The average Bonchev–Trinajstić information content (AvgIpc) is 2.82. The molecule has 0 spiro atoms. The van der Waals surface area contributed by atoms with Crippen LogP contribution in [-0.4, -0.2) is 12.2 Å². The molecule has 2 fully saturated rings. The molecule has 2 rings (SSSR count). The minimum atomic E-state index is 0.325. The monoisotopic (exact) mass is 182 g/mol. The Morgan fingerprint density at radius 3 is 1.77 bits per heavy atom. The molecular formula is C11H22N2. The molecule has 2 atom stereocenters. The first kappa shape index (κ1) is 9.47. The molecule has 2 aliphatic rings. The van der Waals surface area contributed by atoms with E-state index in [-0.39, 0.29) is 0 Å². The Bertz CT molecular complexity index is 148. The second-order valence-electron chi connectivity index (χ2n) is 4.68. The maximum Gasteiger partial charge on any atom is 0.0711 e. The lowest BCUT2D eigenvalue weighted by Crippen LogP contribution is -2.15. The molecule has 2 unspecified atom stereocenters. The second kappa shape index (κ2) is 4.43. The highest BCUT2D eigenvalue weighted by Gasteiger charge is 2.38. The first-order chi connectivity index (χ1) is 6.38. The Hall–Kier alpha value is -0.0800. The van der Waals surface area contributed by atoms with Crippen LogP contribution in [0.2, 0.25) is 0 Å². The van der Waals surface area contributed by atoms with E-state index in [9.17, 15) is 0 Å². The molecule has 0 aromatic rings. The molecule has 1 heterocycles. The van der Waals surface area contributed by atoms with Crippen LogP contribution in [0.5, 0.6) is 0 Å². The quantitative estimate of drug-likeness (QED) is 0.609. The zero-order valence-electron chi connectivity index (χ0n) is 8.47. The van der Waals surface area contributed by atoms with E-state index in [2.05, 4.69) is 5.32 Å². The molecule has 0 amide bonds. The lowest BCUT2D eigenvalue weighted by molar-refractivity contribution is 0.414. The summed E-state index contributed by atoms with van der Waals surface area (Å²) >= 11 is 0. The average molecular weight is 182 g/mol. The summed E-state index contributed by atoms with van der Waals surface area (Å²) in [6.07, 6.45) is 11.8. The van der Waals surface area contributed by atoms with Crippen molar-refractivity contribution in [3.63, 3.8) is 0 Å². The van der Waals surface area contributed by atoms with E-state index in [0.717, 1.165) is 5.92 Å². The van der Waals surface area contributed by atoms with Gasteiger partial charge in [0.1, 0.15) is 0 Å². The molecule has 2 nitrogen and oxygen atoms in total. The van der Waals surface area contributed by atoms with Gasteiger partial charge in [0.25, 0.3) is 0 Å². The maximum atomic E-state index is 5.82. The van der Waals surface area contributed by atoms with Gasteiger partial charge in [0.05, 0.1) is 6.17 Å².